The van der Waals surface area contributed by atoms with Crippen molar-refractivity contribution in [3.05, 3.63) is 141 Å². The Morgan fingerprint density at radius 2 is 0.825 bits per heavy atom. The molecule has 2 aliphatic rings. The van der Waals surface area contributed by atoms with Crippen LogP contribution in [0.3, 0.4) is 0 Å². The number of nitrogens with one attached hydrogen (secondary N) is 2. The molecule has 0 fully saturated rings. The van der Waals surface area contributed by atoms with Gasteiger partial charge in [0.25, 0.3) is 0 Å². The van der Waals surface area contributed by atoms with E-state index >= 15 is 0 Å². The third kappa shape index (κ3) is 5.80. The quantitative estimate of drug-likeness (QED) is 0.275. The second-order valence-corrected chi connectivity index (χ2v) is 11.9. The van der Waals surface area contributed by atoms with Crippen LogP contribution in [0.5, 0.6) is 0 Å². The first kappa shape index (κ1) is 28.3. The summed E-state index contributed by atoms with van der Waals surface area (Å²) >= 11 is 0. The Morgan fingerprint density at radius 3 is 1.18 bits per heavy atom. The van der Waals surface area contributed by atoms with Gasteiger partial charge in [-0.15, -0.1) is 0 Å². The predicted molar refractivity (Wildman–Crippen MR) is 170 cm³/mol. The van der Waals surface area contributed by atoms with E-state index < -0.39 is 0 Å². The van der Waals surface area contributed by atoms with Gasteiger partial charge in [0, 0.05) is 23.9 Å². The summed E-state index contributed by atoms with van der Waals surface area (Å²) in [5.74, 6) is 1.10. The van der Waals surface area contributed by atoms with Crippen LogP contribution in [0.1, 0.15) is 105 Å². The molecule has 0 amide bonds. The predicted octanol–water partition coefficient (Wildman–Crippen LogP) is 8.98. The third-order valence-corrected chi connectivity index (χ3v) is 9.55. The molecule has 0 radical (unpaired) electrons. The second-order valence-electron chi connectivity index (χ2n) is 11.9. The molecule has 0 spiro atoms. The van der Waals surface area contributed by atoms with E-state index in [0.717, 1.165) is 0 Å². The highest BCUT2D eigenvalue weighted by molar-refractivity contribution is 5.45. The van der Waals surface area contributed by atoms with E-state index in [0.29, 0.717) is 23.9 Å². The van der Waals surface area contributed by atoms with Gasteiger partial charge in [0.05, 0.1) is 0 Å². The largest absolute Gasteiger partial charge is 0.313 e. The standard InChI is InChI=1S/2C19H23N/c2*1-13-8-9-15(12-14(13)2)16-10-11-19(20-3)18-7-5-4-6-17(16)18/h2*4-9,12,16,19-20H,10-11H2,1-3H3/t2*16-,19-/m00/s1. The Labute approximate surface area is 242 Å². The number of aryl methyl sites for hydroxylation is 4. The van der Waals surface area contributed by atoms with Gasteiger partial charge in [0.1, 0.15) is 0 Å². The molecular weight excluding hydrogens is 484 g/mol. The molecule has 2 aliphatic carbocycles. The topological polar surface area (TPSA) is 24.1 Å². The van der Waals surface area contributed by atoms with Gasteiger partial charge >= 0.3 is 0 Å². The molecule has 0 heterocycles. The first-order chi connectivity index (χ1) is 19.4. The first-order valence-corrected chi connectivity index (χ1v) is 15.1. The van der Waals surface area contributed by atoms with Crippen molar-refractivity contribution in [2.24, 2.45) is 0 Å². The SMILES string of the molecule is CN[C@H]1CC[C@@H](c2ccc(C)c(C)c2)c2ccccc21.CN[C@H]1CC[C@@H](c2ccc(C)c(C)c2)c2ccccc21. The molecule has 0 aromatic heterocycles. The lowest BCUT2D eigenvalue weighted by molar-refractivity contribution is 0.470. The fraction of sp³-hybridized carbons (Fsp3) is 0.368. The number of benzene rings is 4. The highest BCUT2D eigenvalue weighted by Crippen LogP contribution is 2.42. The molecule has 40 heavy (non-hydrogen) atoms. The Hall–Kier alpha value is -3.20. The fourth-order valence-electron chi connectivity index (χ4n) is 6.83. The molecule has 4 aromatic rings. The van der Waals surface area contributed by atoms with Crippen LogP contribution in [0.2, 0.25) is 0 Å². The summed E-state index contributed by atoms with van der Waals surface area (Å²) in [7, 11) is 4.13. The van der Waals surface area contributed by atoms with E-state index in [-0.39, 0.29) is 0 Å². The van der Waals surface area contributed by atoms with Crippen molar-refractivity contribution in [3.8, 4) is 0 Å². The van der Waals surface area contributed by atoms with Crippen molar-refractivity contribution in [1.82, 2.24) is 10.6 Å². The Bertz CT molecular complexity index is 1340. The van der Waals surface area contributed by atoms with Crippen LogP contribution in [0.25, 0.3) is 0 Å². The molecule has 4 aromatic carbocycles. The second kappa shape index (κ2) is 12.5. The van der Waals surface area contributed by atoms with E-state index in [2.05, 4.69) is 137 Å². The smallest absolute Gasteiger partial charge is 0.0320 e. The Morgan fingerprint density at radius 1 is 0.450 bits per heavy atom. The number of hydrogen-bond donors (Lipinski definition) is 2. The van der Waals surface area contributed by atoms with Gasteiger partial charge in [0.2, 0.25) is 0 Å². The normalized spacial score (nSPS) is 21.6. The lowest BCUT2D eigenvalue weighted by atomic mass is 9.76. The zero-order valence-corrected chi connectivity index (χ0v) is 25.2. The maximum Gasteiger partial charge on any atom is 0.0320 e. The zero-order chi connectivity index (χ0) is 28.2. The van der Waals surface area contributed by atoms with Crippen LogP contribution >= 0.6 is 0 Å². The molecule has 0 bridgehead atoms. The summed E-state index contributed by atoms with van der Waals surface area (Å²) in [6.45, 7) is 8.80. The average molecular weight is 531 g/mol. The Balaban J connectivity index is 0.000000161. The van der Waals surface area contributed by atoms with Crippen LogP contribution in [0, 0.1) is 27.7 Å². The van der Waals surface area contributed by atoms with Crippen molar-refractivity contribution in [3.63, 3.8) is 0 Å². The summed E-state index contributed by atoms with van der Waals surface area (Å²) in [5, 5.41) is 6.91. The number of hydrogen-bond acceptors (Lipinski definition) is 2. The maximum atomic E-state index is 3.45. The molecule has 0 saturated heterocycles. The summed E-state index contributed by atoms with van der Waals surface area (Å²) in [5.41, 5.74) is 14.4. The minimum absolute atomic E-state index is 0.508. The molecule has 0 unspecified atom stereocenters. The van der Waals surface area contributed by atoms with Gasteiger partial charge in [-0.1, -0.05) is 84.9 Å². The molecule has 4 atom stereocenters. The van der Waals surface area contributed by atoms with E-state index in [1.54, 1.807) is 0 Å². The fourth-order valence-corrected chi connectivity index (χ4v) is 6.83. The average Bonchev–Trinajstić information content (AvgIpc) is 2.99. The molecule has 2 nitrogen and oxygen atoms in total. The van der Waals surface area contributed by atoms with E-state index in [1.165, 1.54) is 81.3 Å². The highest BCUT2D eigenvalue weighted by atomic mass is 14.9. The van der Waals surface area contributed by atoms with Crippen LogP contribution in [0.15, 0.2) is 84.9 Å². The van der Waals surface area contributed by atoms with Crippen LogP contribution in [0.4, 0.5) is 0 Å². The van der Waals surface area contributed by atoms with Crippen molar-refractivity contribution < 1.29 is 0 Å². The maximum absolute atomic E-state index is 3.45. The monoisotopic (exact) mass is 530 g/mol. The highest BCUT2D eigenvalue weighted by Gasteiger charge is 2.28. The number of rotatable bonds is 4. The third-order valence-electron chi connectivity index (χ3n) is 9.55. The van der Waals surface area contributed by atoms with Gasteiger partial charge in [0.15, 0.2) is 0 Å². The molecular formula is C38H46N2. The molecule has 2 N–H and O–H groups in total. The summed E-state index contributed by atoms with van der Waals surface area (Å²) in [4.78, 5) is 0. The molecule has 0 saturated carbocycles. The van der Waals surface area contributed by atoms with Crippen molar-refractivity contribution in [2.75, 3.05) is 14.1 Å². The zero-order valence-electron chi connectivity index (χ0n) is 25.2. The van der Waals surface area contributed by atoms with Gasteiger partial charge in [-0.3, -0.25) is 0 Å². The molecule has 208 valence electrons. The first-order valence-electron chi connectivity index (χ1n) is 15.1. The number of fused-ring (bicyclic) bond motifs is 2. The summed E-state index contributed by atoms with van der Waals surface area (Å²) in [6, 6.07) is 32.7. The summed E-state index contributed by atoms with van der Waals surface area (Å²) < 4.78 is 0. The van der Waals surface area contributed by atoms with E-state index in [9.17, 15) is 0 Å². The van der Waals surface area contributed by atoms with Crippen molar-refractivity contribution in [1.29, 1.82) is 0 Å². The van der Waals surface area contributed by atoms with E-state index in [4.69, 9.17) is 0 Å². The van der Waals surface area contributed by atoms with Crippen molar-refractivity contribution >= 4 is 0 Å². The lowest BCUT2D eigenvalue weighted by Gasteiger charge is -2.32. The van der Waals surface area contributed by atoms with Gasteiger partial charge in [-0.25, -0.2) is 0 Å². The minimum atomic E-state index is 0.508. The van der Waals surface area contributed by atoms with Gasteiger partial charge < -0.3 is 10.6 Å². The van der Waals surface area contributed by atoms with Gasteiger partial charge in [-0.2, -0.15) is 0 Å². The van der Waals surface area contributed by atoms with Crippen LogP contribution in [-0.4, -0.2) is 14.1 Å². The Kier molecular flexibility index (Phi) is 8.88. The van der Waals surface area contributed by atoms with Crippen molar-refractivity contribution in [2.45, 2.75) is 77.3 Å². The van der Waals surface area contributed by atoms with Gasteiger partial charge in [-0.05, 0) is 123 Å². The lowest BCUT2D eigenvalue weighted by Crippen LogP contribution is -2.24. The van der Waals surface area contributed by atoms with Crippen LogP contribution in [-0.2, 0) is 0 Å². The molecule has 6 rings (SSSR count). The summed E-state index contributed by atoms with van der Waals surface area (Å²) in [6.07, 6.45) is 4.88. The minimum Gasteiger partial charge on any atom is -0.313 e. The van der Waals surface area contributed by atoms with E-state index in [1.807, 2.05) is 0 Å². The molecule has 2 heteroatoms. The van der Waals surface area contributed by atoms with Crippen LogP contribution < -0.4 is 10.6 Å². The molecule has 0 aliphatic heterocycles.